The van der Waals surface area contributed by atoms with Gasteiger partial charge in [-0.15, -0.1) is 0 Å². The normalized spacial score (nSPS) is 21.8. The first-order valence-corrected chi connectivity index (χ1v) is 5.48. The van der Waals surface area contributed by atoms with E-state index in [2.05, 4.69) is 9.88 Å². The quantitative estimate of drug-likeness (QED) is 0.582. The molecule has 1 fully saturated rings. The van der Waals surface area contributed by atoms with Crippen molar-refractivity contribution in [2.45, 2.75) is 18.9 Å². The van der Waals surface area contributed by atoms with Crippen LogP contribution in [0, 0.1) is 0 Å². The largest absolute Gasteiger partial charge is 0.302 e. The average molecular weight is 225 g/mol. The first-order chi connectivity index (χ1) is 7.31. The fraction of sp³-hybridized carbons (Fsp3) is 0.455. The molecule has 0 aromatic carbocycles. The Bertz CT molecular complexity index is 339. The summed E-state index contributed by atoms with van der Waals surface area (Å²) in [7, 11) is 0. The summed E-state index contributed by atoms with van der Waals surface area (Å²) in [5, 5.41) is 0.513. The fourth-order valence-corrected chi connectivity index (χ4v) is 2.21. The van der Waals surface area contributed by atoms with Crippen molar-refractivity contribution >= 4 is 17.9 Å². The van der Waals surface area contributed by atoms with E-state index in [0.29, 0.717) is 17.7 Å². The molecular formula is C11H13ClN2O. The second kappa shape index (κ2) is 4.73. The Balaban J connectivity index is 2.15. The van der Waals surface area contributed by atoms with E-state index >= 15 is 0 Å². The lowest BCUT2D eigenvalue weighted by Gasteiger charge is -2.21. The predicted octanol–water partition coefficient (Wildman–Crippen LogP) is 2.07. The number of likely N-dealkylation sites (tertiary alicyclic amines) is 1. The molecule has 80 valence electrons. The number of halogens is 1. The van der Waals surface area contributed by atoms with Crippen LogP contribution in [-0.2, 0) is 4.79 Å². The summed E-state index contributed by atoms with van der Waals surface area (Å²) in [6, 6.07) is 4.12. The minimum absolute atomic E-state index is 0.333. The molecule has 1 unspecified atom stereocenters. The Labute approximate surface area is 94.1 Å². The molecular weight excluding hydrogens is 212 g/mol. The van der Waals surface area contributed by atoms with Crippen molar-refractivity contribution in [2.24, 2.45) is 0 Å². The molecule has 1 aliphatic heterocycles. The Hall–Kier alpha value is -0.930. The summed E-state index contributed by atoms with van der Waals surface area (Å²) in [5.41, 5.74) is 1.15. The van der Waals surface area contributed by atoms with E-state index in [4.69, 9.17) is 11.6 Å². The highest BCUT2D eigenvalue weighted by molar-refractivity contribution is 6.29. The van der Waals surface area contributed by atoms with Crippen molar-refractivity contribution in [3.63, 3.8) is 0 Å². The lowest BCUT2D eigenvalue weighted by Crippen LogP contribution is -2.25. The summed E-state index contributed by atoms with van der Waals surface area (Å²) in [6.45, 7) is 1.50. The van der Waals surface area contributed by atoms with Crippen molar-refractivity contribution in [1.82, 2.24) is 9.88 Å². The van der Waals surface area contributed by atoms with Gasteiger partial charge in [-0.05, 0) is 31.0 Å². The Morgan fingerprint density at radius 2 is 2.47 bits per heavy atom. The van der Waals surface area contributed by atoms with Crippen LogP contribution in [0.5, 0.6) is 0 Å². The highest BCUT2D eigenvalue weighted by atomic mass is 35.5. The molecule has 1 saturated heterocycles. The summed E-state index contributed by atoms with van der Waals surface area (Å²) in [5.74, 6) is 0. The lowest BCUT2D eigenvalue weighted by atomic mass is 10.1. The number of hydrogen-bond donors (Lipinski definition) is 0. The van der Waals surface area contributed by atoms with Gasteiger partial charge in [-0.2, -0.15) is 0 Å². The first-order valence-electron chi connectivity index (χ1n) is 5.10. The smallest absolute Gasteiger partial charge is 0.134 e. The van der Waals surface area contributed by atoms with Gasteiger partial charge in [0.2, 0.25) is 0 Å². The number of rotatable bonds is 3. The molecule has 0 amide bonds. The van der Waals surface area contributed by atoms with Gasteiger partial charge in [-0.25, -0.2) is 4.98 Å². The molecule has 0 saturated carbocycles. The lowest BCUT2D eigenvalue weighted by molar-refractivity contribution is -0.109. The summed E-state index contributed by atoms with van der Waals surface area (Å²) in [6.07, 6.45) is 5.00. The maximum atomic E-state index is 10.5. The van der Waals surface area contributed by atoms with Crippen molar-refractivity contribution in [2.75, 3.05) is 13.1 Å². The van der Waals surface area contributed by atoms with Crippen LogP contribution in [0.2, 0.25) is 5.15 Å². The van der Waals surface area contributed by atoms with Crippen LogP contribution in [0.4, 0.5) is 0 Å². The van der Waals surface area contributed by atoms with E-state index in [1.807, 2.05) is 6.07 Å². The Morgan fingerprint density at radius 3 is 3.13 bits per heavy atom. The van der Waals surface area contributed by atoms with Gasteiger partial charge in [-0.1, -0.05) is 17.7 Å². The molecule has 4 heteroatoms. The van der Waals surface area contributed by atoms with Crippen molar-refractivity contribution in [3.8, 4) is 0 Å². The number of nitrogens with zero attached hydrogens (tertiary/aromatic N) is 2. The topological polar surface area (TPSA) is 33.2 Å². The fourth-order valence-electron chi connectivity index (χ4n) is 2.10. The van der Waals surface area contributed by atoms with Crippen LogP contribution >= 0.6 is 11.6 Å². The third kappa shape index (κ3) is 2.36. The Kier molecular flexibility index (Phi) is 3.34. The van der Waals surface area contributed by atoms with Crippen LogP contribution in [0.1, 0.15) is 24.4 Å². The van der Waals surface area contributed by atoms with Gasteiger partial charge in [0.15, 0.2) is 0 Å². The predicted molar refractivity (Wildman–Crippen MR) is 58.9 cm³/mol. The Morgan fingerprint density at radius 1 is 1.60 bits per heavy atom. The van der Waals surface area contributed by atoms with E-state index < -0.39 is 0 Å². The number of aromatic nitrogens is 1. The molecule has 0 bridgehead atoms. The monoisotopic (exact) mass is 224 g/mol. The van der Waals surface area contributed by atoms with Gasteiger partial charge in [0.1, 0.15) is 11.4 Å². The van der Waals surface area contributed by atoms with E-state index in [1.165, 1.54) is 0 Å². The molecule has 1 aromatic rings. The average Bonchev–Trinajstić information content (AvgIpc) is 2.68. The second-order valence-electron chi connectivity index (χ2n) is 3.73. The number of aldehydes is 1. The van der Waals surface area contributed by atoms with Gasteiger partial charge >= 0.3 is 0 Å². The third-order valence-electron chi connectivity index (χ3n) is 2.81. The molecule has 1 aliphatic rings. The molecule has 0 N–H and O–H groups in total. The molecule has 0 aliphatic carbocycles. The highest BCUT2D eigenvalue weighted by Gasteiger charge is 2.25. The van der Waals surface area contributed by atoms with Gasteiger partial charge < -0.3 is 4.79 Å². The molecule has 1 atom stereocenters. The van der Waals surface area contributed by atoms with Gasteiger partial charge in [0.05, 0.1) is 6.54 Å². The van der Waals surface area contributed by atoms with Crippen LogP contribution in [0.3, 0.4) is 0 Å². The molecule has 3 nitrogen and oxygen atoms in total. The van der Waals surface area contributed by atoms with Crippen molar-refractivity contribution in [3.05, 3.63) is 29.0 Å². The van der Waals surface area contributed by atoms with Gasteiger partial charge in [0, 0.05) is 12.2 Å². The summed E-state index contributed by atoms with van der Waals surface area (Å²) < 4.78 is 0. The van der Waals surface area contributed by atoms with Crippen LogP contribution < -0.4 is 0 Å². The van der Waals surface area contributed by atoms with E-state index in [-0.39, 0.29) is 0 Å². The van der Waals surface area contributed by atoms with Crippen molar-refractivity contribution < 1.29 is 4.79 Å². The van der Waals surface area contributed by atoms with E-state index in [1.54, 1.807) is 12.3 Å². The standard InChI is InChI=1S/C11H13ClN2O/c12-11-4-3-9(8-13-11)10-2-1-5-14(10)6-7-15/h3-4,7-8,10H,1-2,5-6H2. The first kappa shape index (κ1) is 10.6. The maximum absolute atomic E-state index is 10.5. The maximum Gasteiger partial charge on any atom is 0.134 e. The zero-order valence-electron chi connectivity index (χ0n) is 8.40. The zero-order valence-corrected chi connectivity index (χ0v) is 9.15. The molecule has 2 rings (SSSR count). The zero-order chi connectivity index (χ0) is 10.7. The molecule has 0 spiro atoms. The third-order valence-corrected chi connectivity index (χ3v) is 3.03. The summed E-state index contributed by atoms with van der Waals surface area (Å²) >= 11 is 5.74. The number of carbonyl (C=O) groups excluding carboxylic acids is 1. The number of pyridine rings is 1. The minimum atomic E-state index is 0.333. The highest BCUT2D eigenvalue weighted by Crippen LogP contribution is 2.30. The number of carbonyl (C=O) groups is 1. The van der Waals surface area contributed by atoms with E-state index in [9.17, 15) is 4.79 Å². The minimum Gasteiger partial charge on any atom is -0.302 e. The van der Waals surface area contributed by atoms with Gasteiger partial charge in [-0.3, -0.25) is 4.90 Å². The second-order valence-corrected chi connectivity index (χ2v) is 4.12. The van der Waals surface area contributed by atoms with Crippen LogP contribution in [-0.4, -0.2) is 29.3 Å². The molecule has 1 aromatic heterocycles. The molecule has 15 heavy (non-hydrogen) atoms. The molecule has 0 radical (unpaired) electrons. The number of hydrogen-bond acceptors (Lipinski definition) is 3. The van der Waals surface area contributed by atoms with Crippen LogP contribution in [0.25, 0.3) is 0 Å². The SMILES string of the molecule is O=CCN1CCCC1c1ccc(Cl)nc1. The van der Waals surface area contributed by atoms with Crippen LogP contribution in [0.15, 0.2) is 18.3 Å². The van der Waals surface area contributed by atoms with Gasteiger partial charge in [0.25, 0.3) is 0 Å². The van der Waals surface area contributed by atoms with E-state index in [0.717, 1.165) is 31.2 Å². The summed E-state index contributed by atoms with van der Waals surface area (Å²) in [4.78, 5) is 16.8. The van der Waals surface area contributed by atoms with Crippen molar-refractivity contribution in [1.29, 1.82) is 0 Å². The molecule has 2 heterocycles.